The van der Waals surface area contributed by atoms with E-state index in [1.165, 1.54) is 43.2 Å². The highest BCUT2D eigenvalue weighted by Gasteiger charge is 2.15. The van der Waals surface area contributed by atoms with E-state index in [9.17, 15) is 5.11 Å². The number of aliphatic hydroxyl groups excluding tert-OH is 1. The minimum atomic E-state index is -0.0329. The van der Waals surface area contributed by atoms with Crippen molar-refractivity contribution in [3.8, 4) is 0 Å². The zero-order valence-corrected chi connectivity index (χ0v) is 14.0. The van der Waals surface area contributed by atoms with E-state index in [0.717, 1.165) is 29.3 Å². The van der Waals surface area contributed by atoms with Crippen molar-refractivity contribution in [3.63, 3.8) is 0 Å². The molecule has 1 saturated carbocycles. The van der Waals surface area contributed by atoms with Gasteiger partial charge in [-0.25, -0.2) is 4.98 Å². The van der Waals surface area contributed by atoms with Crippen molar-refractivity contribution in [2.24, 2.45) is 0 Å². The van der Waals surface area contributed by atoms with Gasteiger partial charge in [0.2, 0.25) is 0 Å². The average molecular weight is 320 g/mol. The van der Waals surface area contributed by atoms with E-state index in [1.54, 1.807) is 0 Å². The second-order valence-corrected chi connectivity index (χ2v) is 6.84. The van der Waals surface area contributed by atoms with E-state index in [2.05, 4.69) is 39.9 Å². The van der Waals surface area contributed by atoms with Crippen LogP contribution < -0.4 is 0 Å². The predicted molar refractivity (Wildman–Crippen MR) is 97.0 cm³/mol. The smallest absolute Gasteiger partial charge is 0.136 e. The quantitative estimate of drug-likeness (QED) is 0.761. The molecule has 0 unspecified atom stereocenters. The second-order valence-electron chi connectivity index (χ2n) is 6.84. The Morgan fingerprint density at radius 2 is 1.71 bits per heavy atom. The van der Waals surface area contributed by atoms with Crippen molar-refractivity contribution < 1.29 is 5.11 Å². The standard InChI is InChI=1S/C21H24N2O/c24-15-21-22-19-8-4-5-9-20(19)23(21)14-16-10-12-18(13-11-16)17-6-2-1-3-7-17/h4-5,8-13,17,24H,1-3,6-7,14-15H2. The summed E-state index contributed by atoms with van der Waals surface area (Å²) in [5.41, 5.74) is 4.77. The van der Waals surface area contributed by atoms with Crippen LogP contribution >= 0.6 is 0 Å². The first-order valence-corrected chi connectivity index (χ1v) is 8.99. The van der Waals surface area contributed by atoms with Gasteiger partial charge < -0.3 is 9.67 Å². The van der Waals surface area contributed by atoms with Crippen LogP contribution in [-0.2, 0) is 13.2 Å². The van der Waals surface area contributed by atoms with E-state index < -0.39 is 0 Å². The summed E-state index contributed by atoms with van der Waals surface area (Å²) in [5, 5.41) is 9.63. The molecule has 3 nitrogen and oxygen atoms in total. The minimum absolute atomic E-state index is 0.0329. The van der Waals surface area contributed by atoms with Crippen molar-refractivity contribution >= 4 is 11.0 Å². The lowest BCUT2D eigenvalue weighted by molar-refractivity contribution is 0.267. The van der Waals surface area contributed by atoms with Gasteiger partial charge in [0, 0.05) is 6.54 Å². The molecular weight excluding hydrogens is 296 g/mol. The zero-order chi connectivity index (χ0) is 16.4. The van der Waals surface area contributed by atoms with Crippen molar-refractivity contribution in [1.82, 2.24) is 9.55 Å². The maximum atomic E-state index is 9.63. The summed E-state index contributed by atoms with van der Waals surface area (Å²) in [6.07, 6.45) is 6.80. The Morgan fingerprint density at radius 1 is 0.958 bits per heavy atom. The largest absolute Gasteiger partial charge is 0.388 e. The summed E-state index contributed by atoms with van der Waals surface area (Å²) in [5.74, 6) is 1.47. The number of benzene rings is 2. The number of hydrogen-bond acceptors (Lipinski definition) is 2. The first-order valence-electron chi connectivity index (χ1n) is 8.99. The molecule has 0 bridgehead atoms. The molecule has 124 valence electrons. The van der Waals surface area contributed by atoms with Gasteiger partial charge in [-0.05, 0) is 42.0 Å². The van der Waals surface area contributed by atoms with Gasteiger partial charge in [-0.15, -0.1) is 0 Å². The minimum Gasteiger partial charge on any atom is -0.388 e. The van der Waals surface area contributed by atoms with Gasteiger partial charge in [0.1, 0.15) is 12.4 Å². The molecule has 1 aliphatic rings. The molecule has 1 N–H and O–H groups in total. The zero-order valence-electron chi connectivity index (χ0n) is 14.0. The molecule has 2 aromatic carbocycles. The Morgan fingerprint density at radius 3 is 2.46 bits per heavy atom. The molecule has 0 saturated heterocycles. The lowest BCUT2D eigenvalue weighted by atomic mass is 9.84. The summed E-state index contributed by atoms with van der Waals surface area (Å²) in [7, 11) is 0. The van der Waals surface area contributed by atoms with Crippen LogP contribution in [0.25, 0.3) is 11.0 Å². The van der Waals surface area contributed by atoms with Crippen LogP contribution in [0.2, 0.25) is 0 Å². The van der Waals surface area contributed by atoms with Crippen molar-refractivity contribution in [2.45, 2.75) is 51.2 Å². The Bertz CT molecular complexity index is 813. The van der Waals surface area contributed by atoms with Crippen LogP contribution in [0.4, 0.5) is 0 Å². The molecule has 24 heavy (non-hydrogen) atoms. The SMILES string of the molecule is OCc1nc2ccccc2n1Cc1ccc(C2CCCCC2)cc1. The summed E-state index contributed by atoms with van der Waals surface area (Å²) in [6.45, 7) is 0.718. The van der Waals surface area contributed by atoms with Gasteiger partial charge in [0.15, 0.2) is 0 Å². The van der Waals surface area contributed by atoms with Gasteiger partial charge in [0.05, 0.1) is 11.0 Å². The lowest BCUT2D eigenvalue weighted by Gasteiger charge is -2.22. The van der Waals surface area contributed by atoms with Crippen LogP contribution in [0.3, 0.4) is 0 Å². The summed E-state index contributed by atoms with van der Waals surface area (Å²) in [6, 6.07) is 17.1. The topological polar surface area (TPSA) is 38.1 Å². The normalized spacial score (nSPS) is 15.9. The molecule has 3 heteroatoms. The van der Waals surface area contributed by atoms with Crippen molar-refractivity contribution in [3.05, 3.63) is 65.5 Å². The fourth-order valence-electron chi connectivity index (χ4n) is 3.94. The number of hydrogen-bond donors (Lipinski definition) is 1. The number of aromatic nitrogens is 2. The second kappa shape index (κ2) is 6.78. The van der Waals surface area contributed by atoms with Crippen molar-refractivity contribution in [1.29, 1.82) is 0 Å². The van der Waals surface area contributed by atoms with Crippen molar-refractivity contribution in [2.75, 3.05) is 0 Å². The molecule has 1 aliphatic carbocycles. The van der Waals surface area contributed by atoms with Gasteiger partial charge in [-0.3, -0.25) is 0 Å². The van der Waals surface area contributed by atoms with Crippen LogP contribution in [-0.4, -0.2) is 14.7 Å². The van der Waals surface area contributed by atoms with E-state index >= 15 is 0 Å². The molecule has 4 rings (SSSR count). The van der Waals surface area contributed by atoms with E-state index in [-0.39, 0.29) is 6.61 Å². The maximum absolute atomic E-state index is 9.63. The molecule has 0 radical (unpaired) electrons. The number of para-hydroxylation sites is 2. The molecule has 1 heterocycles. The van der Waals surface area contributed by atoms with Crippen LogP contribution in [0.5, 0.6) is 0 Å². The Hall–Kier alpha value is -2.13. The number of imidazole rings is 1. The third-order valence-corrected chi connectivity index (χ3v) is 5.27. The van der Waals surface area contributed by atoms with Gasteiger partial charge in [-0.1, -0.05) is 55.7 Å². The third-order valence-electron chi connectivity index (χ3n) is 5.27. The Labute approximate surface area is 143 Å². The fraction of sp³-hybridized carbons (Fsp3) is 0.381. The molecule has 0 aliphatic heterocycles. The average Bonchev–Trinajstić information content (AvgIpc) is 3.01. The number of aliphatic hydroxyl groups is 1. The van der Waals surface area contributed by atoms with Gasteiger partial charge in [0.25, 0.3) is 0 Å². The van der Waals surface area contributed by atoms with E-state index in [1.807, 2.05) is 18.2 Å². The van der Waals surface area contributed by atoms with Crippen LogP contribution in [0.1, 0.15) is 55.0 Å². The number of nitrogens with zero attached hydrogens (tertiary/aromatic N) is 2. The third kappa shape index (κ3) is 2.96. The monoisotopic (exact) mass is 320 g/mol. The molecular formula is C21H24N2O. The summed E-state index contributed by atoms with van der Waals surface area (Å²) in [4.78, 5) is 4.53. The fourth-order valence-corrected chi connectivity index (χ4v) is 3.94. The molecule has 0 spiro atoms. The molecule has 1 aromatic heterocycles. The summed E-state index contributed by atoms with van der Waals surface area (Å²) >= 11 is 0. The Kier molecular flexibility index (Phi) is 4.35. The first kappa shape index (κ1) is 15.4. The molecule has 0 amide bonds. The van der Waals surface area contributed by atoms with Gasteiger partial charge in [-0.2, -0.15) is 0 Å². The first-order chi connectivity index (χ1) is 11.8. The highest BCUT2D eigenvalue weighted by molar-refractivity contribution is 5.76. The maximum Gasteiger partial charge on any atom is 0.136 e. The summed E-state index contributed by atoms with van der Waals surface area (Å²) < 4.78 is 2.12. The highest BCUT2D eigenvalue weighted by atomic mass is 16.3. The number of rotatable bonds is 4. The van der Waals surface area contributed by atoms with E-state index in [4.69, 9.17) is 0 Å². The predicted octanol–water partition coefficient (Wildman–Crippen LogP) is 4.62. The van der Waals surface area contributed by atoms with Crippen LogP contribution in [0.15, 0.2) is 48.5 Å². The van der Waals surface area contributed by atoms with E-state index in [0.29, 0.717) is 0 Å². The lowest BCUT2D eigenvalue weighted by Crippen LogP contribution is -2.07. The molecule has 1 fully saturated rings. The number of fused-ring (bicyclic) bond motifs is 1. The molecule has 3 aromatic rings. The van der Waals surface area contributed by atoms with Gasteiger partial charge >= 0.3 is 0 Å². The molecule has 0 atom stereocenters. The Balaban J connectivity index is 1.59. The van der Waals surface area contributed by atoms with Crippen LogP contribution in [0, 0.1) is 0 Å². The highest BCUT2D eigenvalue weighted by Crippen LogP contribution is 2.32.